The molecule has 100 valence electrons. The van der Waals surface area contributed by atoms with Gasteiger partial charge in [0.2, 0.25) is 5.91 Å². The smallest absolute Gasteiger partial charge is 0.226 e. The topological polar surface area (TPSA) is 32.3 Å². The number of amides is 1. The molecule has 2 saturated carbocycles. The fourth-order valence-corrected chi connectivity index (χ4v) is 4.89. The third-order valence-corrected chi connectivity index (χ3v) is 6.11. The first-order chi connectivity index (χ1) is 8.79. The molecule has 1 spiro atoms. The Hall–Kier alpha value is -0.570. The Morgan fingerprint density at radius 1 is 1.11 bits per heavy atom. The minimum absolute atomic E-state index is 0.440. The molecular formula is C15H24N2O. The summed E-state index contributed by atoms with van der Waals surface area (Å²) in [5.41, 5.74) is 0.477. The standard InChI is InChI=1S/C15H24N2O/c18-14(13-11-2-1-3-12(11)13)17-9-6-15(10-17)4-7-16-8-5-15/h11-13,16H,1-10H2. The van der Waals surface area contributed by atoms with E-state index >= 15 is 0 Å². The molecule has 3 heteroatoms. The van der Waals surface area contributed by atoms with Crippen LogP contribution in [-0.4, -0.2) is 37.0 Å². The first kappa shape index (κ1) is 11.3. The number of nitrogens with one attached hydrogen (secondary N) is 1. The van der Waals surface area contributed by atoms with Crippen LogP contribution in [0.25, 0.3) is 0 Å². The Morgan fingerprint density at radius 2 is 1.83 bits per heavy atom. The van der Waals surface area contributed by atoms with Crippen molar-refractivity contribution >= 4 is 5.91 Å². The molecule has 4 fully saturated rings. The molecule has 4 rings (SSSR count). The predicted octanol–water partition coefficient (Wildman–Crippen LogP) is 1.63. The van der Waals surface area contributed by atoms with E-state index in [0.717, 1.165) is 38.0 Å². The van der Waals surface area contributed by atoms with E-state index < -0.39 is 0 Å². The lowest BCUT2D eigenvalue weighted by Crippen LogP contribution is -2.40. The Labute approximate surface area is 109 Å². The highest BCUT2D eigenvalue weighted by atomic mass is 16.2. The van der Waals surface area contributed by atoms with E-state index in [0.29, 0.717) is 17.2 Å². The second kappa shape index (κ2) is 3.96. The second-order valence-corrected chi connectivity index (χ2v) is 7.04. The quantitative estimate of drug-likeness (QED) is 0.765. The van der Waals surface area contributed by atoms with E-state index in [1.54, 1.807) is 0 Å². The monoisotopic (exact) mass is 248 g/mol. The Kier molecular flexibility index (Phi) is 2.48. The average Bonchev–Trinajstić information content (AvgIpc) is 2.78. The van der Waals surface area contributed by atoms with Gasteiger partial charge >= 0.3 is 0 Å². The van der Waals surface area contributed by atoms with Crippen LogP contribution in [0.15, 0.2) is 0 Å². The molecule has 0 bridgehead atoms. The molecule has 0 aromatic rings. The number of nitrogens with zero attached hydrogens (tertiary/aromatic N) is 1. The minimum atomic E-state index is 0.440. The van der Waals surface area contributed by atoms with Gasteiger partial charge in [0.25, 0.3) is 0 Å². The number of carbonyl (C=O) groups is 1. The second-order valence-electron chi connectivity index (χ2n) is 7.04. The van der Waals surface area contributed by atoms with E-state index in [2.05, 4.69) is 10.2 Å². The SMILES string of the molecule is O=C(C1C2CCCC21)N1CCC2(CCNCC2)C1. The third-order valence-electron chi connectivity index (χ3n) is 6.11. The van der Waals surface area contributed by atoms with Crippen molar-refractivity contribution in [2.75, 3.05) is 26.2 Å². The van der Waals surface area contributed by atoms with Crippen LogP contribution in [0.4, 0.5) is 0 Å². The maximum atomic E-state index is 12.6. The summed E-state index contributed by atoms with van der Waals surface area (Å²) in [6.07, 6.45) is 7.81. The first-order valence-corrected chi connectivity index (χ1v) is 7.79. The Morgan fingerprint density at radius 3 is 2.56 bits per heavy atom. The highest BCUT2D eigenvalue weighted by Crippen LogP contribution is 2.58. The molecule has 2 unspecified atom stereocenters. The lowest BCUT2D eigenvalue weighted by molar-refractivity contribution is -0.132. The Bertz CT molecular complexity index is 352. The fraction of sp³-hybridized carbons (Fsp3) is 0.933. The number of carbonyl (C=O) groups excluding carboxylic acids is 1. The molecule has 4 aliphatic rings. The van der Waals surface area contributed by atoms with Crippen molar-refractivity contribution in [2.24, 2.45) is 23.2 Å². The normalized spacial score (nSPS) is 41.1. The average molecular weight is 248 g/mol. The molecule has 1 amide bonds. The van der Waals surface area contributed by atoms with Crippen molar-refractivity contribution in [3.8, 4) is 0 Å². The number of hydrogen-bond donors (Lipinski definition) is 1. The summed E-state index contributed by atoms with van der Waals surface area (Å²) in [6.45, 7) is 4.39. The summed E-state index contributed by atoms with van der Waals surface area (Å²) in [6, 6.07) is 0. The lowest BCUT2D eigenvalue weighted by Gasteiger charge is -2.33. The molecule has 2 heterocycles. The fourth-order valence-electron chi connectivity index (χ4n) is 4.89. The molecule has 2 saturated heterocycles. The van der Waals surface area contributed by atoms with E-state index in [1.807, 2.05) is 0 Å². The van der Waals surface area contributed by atoms with Crippen LogP contribution in [0.2, 0.25) is 0 Å². The summed E-state index contributed by atoms with van der Waals surface area (Å²) in [4.78, 5) is 14.8. The zero-order valence-electron chi connectivity index (χ0n) is 11.2. The van der Waals surface area contributed by atoms with Gasteiger partial charge < -0.3 is 10.2 Å². The van der Waals surface area contributed by atoms with E-state index in [1.165, 1.54) is 38.5 Å². The summed E-state index contributed by atoms with van der Waals surface area (Å²) in [7, 11) is 0. The Balaban J connectivity index is 1.40. The molecule has 2 atom stereocenters. The van der Waals surface area contributed by atoms with Gasteiger partial charge in [0.15, 0.2) is 0 Å². The largest absolute Gasteiger partial charge is 0.342 e. The van der Waals surface area contributed by atoms with Crippen LogP contribution in [0, 0.1) is 23.2 Å². The molecule has 1 N–H and O–H groups in total. The van der Waals surface area contributed by atoms with Crippen molar-refractivity contribution in [1.82, 2.24) is 10.2 Å². The highest BCUT2D eigenvalue weighted by molar-refractivity contribution is 5.83. The van der Waals surface area contributed by atoms with Crippen molar-refractivity contribution in [2.45, 2.75) is 38.5 Å². The molecule has 2 aliphatic carbocycles. The van der Waals surface area contributed by atoms with Crippen LogP contribution in [-0.2, 0) is 4.79 Å². The van der Waals surface area contributed by atoms with Gasteiger partial charge in [-0.3, -0.25) is 4.79 Å². The number of rotatable bonds is 1. The maximum absolute atomic E-state index is 12.6. The predicted molar refractivity (Wildman–Crippen MR) is 70.1 cm³/mol. The maximum Gasteiger partial charge on any atom is 0.226 e. The van der Waals surface area contributed by atoms with Crippen LogP contribution >= 0.6 is 0 Å². The summed E-state index contributed by atoms with van der Waals surface area (Å²) >= 11 is 0. The minimum Gasteiger partial charge on any atom is -0.342 e. The molecular weight excluding hydrogens is 224 g/mol. The molecule has 2 aliphatic heterocycles. The number of hydrogen-bond acceptors (Lipinski definition) is 2. The van der Waals surface area contributed by atoms with Crippen LogP contribution < -0.4 is 5.32 Å². The van der Waals surface area contributed by atoms with Crippen molar-refractivity contribution in [3.63, 3.8) is 0 Å². The van der Waals surface area contributed by atoms with Crippen molar-refractivity contribution in [3.05, 3.63) is 0 Å². The highest BCUT2D eigenvalue weighted by Gasteiger charge is 2.58. The summed E-state index contributed by atoms with van der Waals surface area (Å²) in [5.74, 6) is 2.51. The van der Waals surface area contributed by atoms with Gasteiger partial charge in [0.05, 0.1) is 0 Å². The molecule has 0 aromatic heterocycles. The van der Waals surface area contributed by atoms with Gasteiger partial charge in [-0.2, -0.15) is 0 Å². The molecule has 3 nitrogen and oxygen atoms in total. The van der Waals surface area contributed by atoms with E-state index in [9.17, 15) is 4.79 Å². The van der Waals surface area contributed by atoms with Gasteiger partial charge in [-0.1, -0.05) is 6.42 Å². The molecule has 18 heavy (non-hydrogen) atoms. The van der Waals surface area contributed by atoms with Gasteiger partial charge in [-0.05, 0) is 62.4 Å². The van der Waals surface area contributed by atoms with Gasteiger partial charge in [0, 0.05) is 19.0 Å². The van der Waals surface area contributed by atoms with Gasteiger partial charge in [-0.25, -0.2) is 0 Å². The third kappa shape index (κ3) is 1.63. The van der Waals surface area contributed by atoms with Crippen LogP contribution in [0.3, 0.4) is 0 Å². The van der Waals surface area contributed by atoms with Gasteiger partial charge in [-0.15, -0.1) is 0 Å². The van der Waals surface area contributed by atoms with Crippen molar-refractivity contribution in [1.29, 1.82) is 0 Å². The lowest BCUT2D eigenvalue weighted by atomic mass is 9.78. The van der Waals surface area contributed by atoms with E-state index in [4.69, 9.17) is 0 Å². The van der Waals surface area contributed by atoms with Crippen LogP contribution in [0.5, 0.6) is 0 Å². The summed E-state index contributed by atoms with van der Waals surface area (Å²) in [5, 5.41) is 3.44. The van der Waals surface area contributed by atoms with E-state index in [-0.39, 0.29) is 0 Å². The molecule has 0 radical (unpaired) electrons. The zero-order valence-corrected chi connectivity index (χ0v) is 11.2. The van der Waals surface area contributed by atoms with Crippen molar-refractivity contribution < 1.29 is 4.79 Å². The zero-order chi connectivity index (χ0) is 12.2. The van der Waals surface area contributed by atoms with Crippen LogP contribution in [0.1, 0.15) is 38.5 Å². The number of likely N-dealkylation sites (tertiary alicyclic amines) is 1. The van der Waals surface area contributed by atoms with Gasteiger partial charge in [0.1, 0.15) is 0 Å². The number of piperidine rings is 1. The first-order valence-electron chi connectivity index (χ1n) is 7.79. The molecule has 0 aromatic carbocycles. The number of fused-ring (bicyclic) bond motifs is 1. The summed E-state index contributed by atoms with van der Waals surface area (Å²) < 4.78 is 0.